The maximum absolute atomic E-state index is 3.87. The van der Waals surface area contributed by atoms with Gasteiger partial charge in [-0.25, -0.2) is 0 Å². The number of rotatable bonds is 13. The first-order valence-corrected chi connectivity index (χ1v) is 8.01. The molecule has 0 bridgehead atoms. The molecule has 0 amide bonds. The lowest BCUT2D eigenvalue weighted by atomic mass is 10.1. The molecular weight excluding hydrogens is 216 g/mol. The van der Waals surface area contributed by atoms with E-state index in [1.807, 2.05) is 0 Å². The average molecular weight is 249 g/mol. The lowest BCUT2D eigenvalue weighted by molar-refractivity contribution is 0.599. The second kappa shape index (κ2) is 16.5. The van der Waals surface area contributed by atoms with Gasteiger partial charge in [-0.15, -0.1) is 0 Å². The standard InChI is InChI=1S/C18H33/c1-3-5-7-9-11-13-15-17-18-16-14-12-10-8-6-4-2/h6,8,16,18H,1,3-5,7,9-15,17H2,2H3. The molecule has 0 aliphatic carbocycles. The number of unbranched alkanes of at least 4 members (excludes halogenated alkanes) is 9. The van der Waals surface area contributed by atoms with Crippen molar-refractivity contribution < 1.29 is 0 Å². The van der Waals surface area contributed by atoms with E-state index < -0.39 is 0 Å². The third kappa shape index (κ3) is 15.5. The van der Waals surface area contributed by atoms with Crippen LogP contribution in [0.3, 0.4) is 0 Å². The first kappa shape index (κ1) is 17.5. The molecule has 0 rings (SSSR count). The molecule has 0 aromatic rings. The van der Waals surface area contributed by atoms with Crippen molar-refractivity contribution in [2.45, 2.75) is 84.0 Å². The summed E-state index contributed by atoms with van der Waals surface area (Å²) in [5, 5.41) is 0. The fraction of sp³-hybridized carbons (Fsp3) is 0.722. The summed E-state index contributed by atoms with van der Waals surface area (Å²) in [5.74, 6) is 0. The van der Waals surface area contributed by atoms with Crippen molar-refractivity contribution in [1.82, 2.24) is 0 Å². The zero-order chi connectivity index (χ0) is 13.3. The van der Waals surface area contributed by atoms with Crippen LogP contribution in [0.4, 0.5) is 0 Å². The molecular formula is C18H33. The summed E-state index contributed by atoms with van der Waals surface area (Å²) in [4.78, 5) is 0. The Morgan fingerprint density at radius 1 is 0.611 bits per heavy atom. The number of hydrogen-bond acceptors (Lipinski definition) is 0. The highest BCUT2D eigenvalue weighted by Crippen LogP contribution is 2.09. The van der Waals surface area contributed by atoms with E-state index in [1.54, 1.807) is 0 Å². The normalized spacial score (nSPS) is 11.9. The Hall–Kier alpha value is -0.520. The molecule has 0 aliphatic heterocycles. The van der Waals surface area contributed by atoms with Gasteiger partial charge in [-0.3, -0.25) is 0 Å². The van der Waals surface area contributed by atoms with Crippen LogP contribution >= 0.6 is 0 Å². The lowest BCUT2D eigenvalue weighted by Crippen LogP contribution is -1.79. The average Bonchev–Trinajstić information content (AvgIpc) is 2.39. The molecule has 0 spiro atoms. The fourth-order valence-corrected chi connectivity index (χ4v) is 2.02. The van der Waals surface area contributed by atoms with E-state index in [2.05, 4.69) is 38.2 Å². The van der Waals surface area contributed by atoms with Crippen LogP contribution in [0.25, 0.3) is 0 Å². The van der Waals surface area contributed by atoms with Crippen molar-refractivity contribution in [3.8, 4) is 0 Å². The summed E-state index contributed by atoms with van der Waals surface area (Å²) in [6, 6.07) is 0. The summed E-state index contributed by atoms with van der Waals surface area (Å²) in [6.45, 7) is 6.06. The summed E-state index contributed by atoms with van der Waals surface area (Å²) in [7, 11) is 0. The second-order valence-electron chi connectivity index (χ2n) is 5.05. The van der Waals surface area contributed by atoms with Crippen molar-refractivity contribution in [3.63, 3.8) is 0 Å². The van der Waals surface area contributed by atoms with Crippen LogP contribution in [0.2, 0.25) is 0 Å². The first-order valence-electron chi connectivity index (χ1n) is 8.01. The van der Waals surface area contributed by atoms with Gasteiger partial charge < -0.3 is 0 Å². The second-order valence-corrected chi connectivity index (χ2v) is 5.05. The van der Waals surface area contributed by atoms with E-state index >= 15 is 0 Å². The smallest absolute Gasteiger partial charge is 0.0348 e. The molecule has 0 fully saturated rings. The molecule has 0 nitrogen and oxygen atoms in total. The van der Waals surface area contributed by atoms with E-state index in [-0.39, 0.29) is 0 Å². The Morgan fingerprint density at radius 3 is 1.72 bits per heavy atom. The van der Waals surface area contributed by atoms with Gasteiger partial charge >= 0.3 is 0 Å². The van der Waals surface area contributed by atoms with Gasteiger partial charge in [-0.1, -0.05) is 76.7 Å². The van der Waals surface area contributed by atoms with E-state index in [1.165, 1.54) is 70.6 Å². The predicted octanol–water partition coefficient (Wildman–Crippen LogP) is 6.63. The van der Waals surface area contributed by atoms with Crippen LogP contribution in [-0.2, 0) is 0 Å². The Kier molecular flexibility index (Phi) is 16.0. The monoisotopic (exact) mass is 249 g/mol. The third-order valence-corrected chi connectivity index (χ3v) is 3.18. The van der Waals surface area contributed by atoms with Gasteiger partial charge in [0.25, 0.3) is 0 Å². The molecule has 0 heterocycles. The highest BCUT2D eigenvalue weighted by atomic mass is 14.0. The Labute approximate surface area is 116 Å². The van der Waals surface area contributed by atoms with E-state index in [9.17, 15) is 0 Å². The Balaban J connectivity index is 3.06. The molecule has 0 aromatic heterocycles. The Morgan fingerprint density at radius 2 is 1.11 bits per heavy atom. The van der Waals surface area contributed by atoms with Gasteiger partial charge in [0.15, 0.2) is 0 Å². The third-order valence-electron chi connectivity index (χ3n) is 3.18. The van der Waals surface area contributed by atoms with E-state index in [0.29, 0.717) is 0 Å². The zero-order valence-electron chi connectivity index (χ0n) is 12.5. The molecule has 1 radical (unpaired) electrons. The van der Waals surface area contributed by atoms with Crippen LogP contribution in [-0.4, -0.2) is 0 Å². The molecule has 0 saturated carbocycles. The maximum Gasteiger partial charge on any atom is -0.0348 e. The van der Waals surface area contributed by atoms with Gasteiger partial charge in [0.2, 0.25) is 0 Å². The van der Waals surface area contributed by atoms with Gasteiger partial charge in [0, 0.05) is 0 Å². The summed E-state index contributed by atoms with van der Waals surface area (Å²) >= 11 is 0. The summed E-state index contributed by atoms with van der Waals surface area (Å²) < 4.78 is 0. The minimum absolute atomic E-state index is 1.11. The molecule has 0 saturated heterocycles. The maximum atomic E-state index is 3.87. The highest BCUT2D eigenvalue weighted by molar-refractivity contribution is 4.84. The van der Waals surface area contributed by atoms with Crippen LogP contribution in [0.5, 0.6) is 0 Å². The van der Waals surface area contributed by atoms with Crippen LogP contribution in [0.15, 0.2) is 24.3 Å². The highest BCUT2D eigenvalue weighted by Gasteiger charge is 1.89. The predicted molar refractivity (Wildman–Crippen MR) is 84.7 cm³/mol. The van der Waals surface area contributed by atoms with Crippen molar-refractivity contribution in [3.05, 3.63) is 31.2 Å². The molecule has 0 atom stereocenters. The van der Waals surface area contributed by atoms with Crippen molar-refractivity contribution >= 4 is 0 Å². The van der Waals surface area contributed by atoms with Gasteiger partial charge in [0.1, 0.15) is 0 Å². The molecule has 0 heteroatoms. The minimum Gasteiger partial charge on any atom is -0.0888 e. The van der Waals surface area contributed by atoms with Gasteiger partial charge in [-0.05, 0) is 38.5 Å². The van der Waals surface area contributed by atoms with E-state index in [0.717, 1.165) is 6.42 Å². The van der Waals surface area contributed by atoms with Crippen molar-refractivity contribution in [2.24, 2.45) is 0 Å². The van der Waals surface area contributed by atoms with Gasteiger partial charge in [-0.2, -0.15) is 0 Å². The SMILES string of the molecule is [CH2]CCCCCCCCC=CCCCC=CCC. The molecule has 0 aromatic carbocycles. The van der Waals surface area contributed by atoms with Gasteiger partial charge in [0.05, 0.1) is 0 Å². The first-order chi connectivity index (χ1) is 8.91. The molecule has 0 N–H and O–H groups in total. The molecule has 0 unspecified atom stereocenters. The minimum atomic E-state index is 1.11. The van der Waals surface area contributed by atoms with Crippen LogP contribution in [0.1, 0.15) is 84.0 Å². The Bertz CT molecular complexity index is 188. The number of allylic oxidation sites excluding steroid dienone is 4. The molecule has 18 heavy (non-hydrogen) atoms. The number of hydrogen-bond donors (Lipinski definition) is 0. The van der Waals surface area contributed by atoms with E-state index in [4.69, 9.17) is 0 Å². The van der Waals surface area contributed by atoms with Crippen molar-refractivity contribution in [1.29, 1.82) is 0 Å². The quantitative estimate of drug-likeness (QED) is 0.254. The summed E-state index contributed by atoms with van der Waals surface area (Å²) in [6.07, 6.45) is 24.9. The molecule has 105 valence electrons. The molecule has 0 aliphatic rings. The van der Waals surface area contributed by atoms with Crippen LogP contribution in [0, 0.1) is 6.92 Å². The van der Waals surface area contributed by atoms with Crippen LogP contribution < -0.4 is 0 Å². The largest absolute Gasteiger partial charge is 0.0888 e. The zero-order valence-corrected chi connectivity index (χ0v) is 12.5. The topological polar surface area (TPSA) is 0 Å². The van der Waals surface area contributed by atoms with Crippen molar-refractivity contribution in [2.75, 3.05) is 0 Å². The lowest BCUT2D eigenvalue weighted by Gasteiger charge is -1.98. The fourth-order valence-electron chi connectivity index (χ4n) is 2.02. The summed E-state index contributed by atoms with van der Waals surface area (Å²) in [5.41, 5.74) is 0.